The van der Waals surface area contributed by atoms with Crippen molar-refractivity contribution in [2.24, 2.45) is 0 Å². The zero-order chi connectivity index (χ0) is 43.6. The maximum atomic E-state index is 12.7. The molecular weight excluding hydrogens is 762 g/mol. The maximum absolute atomic E-state index is 12.7. The van der Waals surface area contributed by atoms with Gasteiger partial charge in [-0.2, -0.15) is 0 Å². The quantitative estimate of drug-likeness (QED) is 0.0197. The molecule has 0 aromatic rings. The van der Waals surface area contributed by atoms with Crippen molar-refractivity contribution in [1.29, 1.82) is 0 Å². The van der Waals surface area contributed by atoms with E-state index >= 15 is 0 Å². The highest BCUT2D eigenvalue weighted by molar-refractivity contribution is 7.45. The van der Waals surface area contributed by atoms with E-state index in [4.69, 9.17) is 18.5 Å². The molecule has 0 aliphatic rings. The number of hydrogen-bond donors (Lipinski definition) is 0. The summed E-state index contributed by atoms with van der Waals surface area (Å²) >= 11 is 0. The number of phosphoric ester groups is 1. The molecule has 10 heteroatoms. The van der Waals surface area contributed by atoms with Crippen LogP contribution in [-0.2, 0) is 32.7 Å². The lowest BCUT2D eigenvalue weighted by Gasteiger charge is -2.28. The van der Waals surface area contributed by atoms with Crippen molar-refractivity contribution in [3.05, 3.63) is 85.1 Å². The molecule has 0 bridgehead atoms. The summed E-state index contributed by atoms with van der Waals surface area (Å²) in [7, 11) is 1.11. The summed E-state index contributed by atoms with van der Waals surface area (Å²) in [5, 5.41) is 0. The van der Waals surface area contributed by atoms with Crippen LogP contribution in [0.1, 0.15) is 162 Å². The summed E-state index contributed by atoms with van der Waals surface area (Å²) in [5.74, 6) is -0.919. The summed E-state index contributed by atoms with van der Waals surface area (Å²) in [4.78, 5) is 37.6. The molecule has 0 fully saturated rings. The third kappa shape index (κ3) is 44.6. The van der Waals surface area contributed by atoms with Crippen molar-refractivity contribution < 1.29 is 42.1 Å². The highest BCUT2D eigenvalue weighted by atomic mass is 31.2. The number of likely N-dealkylation sites (N-methyl/N-ethyl adjacent to an activating group) is 1. The Morgan fingerprint density at radius 1 is 0.542 bits per heavy atom. The molecule has 0 aromatic carbocycles. The van der Waals surface area contributed by atoms with Crippen LogP contribution < -0.4 is 4.89 Å². The average Bonchev–Trinajstić information content (AvgIpc) is 3.19. The molecule has 0 N–H and O–H groups in total. The van der Waals surface area contributed by atoms with Gasteiger partial charge in [0.1, 0.15) is 19.8 Å². The van der Waals surface area contributed by atoms with E-state index in [1.54, 1.807) is 0 Å². The van der Waals surface area contributed by atoms with Gasteiger partial charge in [0, 0.05) is 12.8 Å². The topological polar surface area (TPSA) is 111 Å². The summed E-state index contributed by atoms with van der Waals surface area (Å²) < 4.78 is 33.8. The minimum absolute atomic E-state index is 0.0474. The van der Waals surface area contributed by atoms with Gasteiger partial charge in [0.05, 0.1) is 27.7 Å². The monoisotopic (exact) mass is 846 g/mol. The number of ether oxygens (including phenoxy) is 2. The Labute approximate surface area is 361 Å². The number of phosphoric acid groups is 1. The molecule has 59 heavy (non-hydrogen) atoms. The highest BCUT2D eigenvalue weighted by Crippen LogP contribution is 2.38. The number of carbonyl (C=O) groups is 2. The molecule has 2 atom stereocenters. The van der Waals surface area contributed by atoms with E-state index in [-0.39, 0.29) is 26.1 Å². The lowest BCUT2D eigenvalue weighted by atomic mass is 10.1. The zero-order valence-electron chi connectivity index (χ0n) is 37.9. The highest BCUT2D eigenvalue weighted by Gasteiger charge is 2.21. The Morgan fingerprint density at radius 3 is 1.49 bits per heavy atom. The van der Waals surface area contributed by atoms with E-state index in [0.29, 0.717) is 30.3 Å². The predicted molar refractivity (Wildman–Crippen MR) is 245 cm³/mol. The van der Waals surface area contributed by atoms with Crippen molar-refractivity contribution in [3.8, 4) is 0 Å². The number of quaternary nitrogens is 1. The SMILES string of the molecule is CC/C=C\C/C=C\C/C=C\C/C=C\C/C=C\CCCC(=O)OC(COC(=O)CCCCCCCCC/C=C\C/C=C\CCCCCC)COP(=O)([O-])OCC[N+](C)(C)C. The third-order valence-electron chi connectivity index (χ3n) is 9.15. The van der Waals surface area contributed by atoms with Crippen molar-refractivity contribution in [2.75, 3.05) is 47.5 Å². The van der Waals surface area contributed by atoms with E-state index in [9.17, 15) is 19.0 Å². The fourth-order valence-corrected chi connectivity index (χ4v) is 6.33. The van der Waals surface area contributed by atoms with E-state index in [0.717, 1.165) is 64.2 Å². The van der Waals surface area contributed by atoms with E-state index in [1.807, 2.05) is 27.2 Å². The number of hydrogen-bond acceptors (Lipinski definition) is 8. The van der Waals surface area contributed by atoms with Crippen molar-refractivity contribution >= 4 is 19.8 Å². The van der Waals surface area contributed by atoms with Gasteiger partial charge in [0.15, 0.2) is 6.10 Å². The standard InChI is InChI=1S/C49H84NO8P/c1-6-8-10-12-14-16-18-20-22-24-26-27-29-31-33-35-37-39-41-48(51)55-45-47(46-57-59(53,54)56-44-43-50(3,4)5)58-49(52)42-40-38-36-34-32-30-28-25-23-21-19-17-15-13-11-9-7-2/h9,11,15-18,21-24,28,30,34,36,47H,6-8,10,12-14,19-20,25-27,29,31-33,35,37-46H2,1-5H3/b11-9-,17-15-,18-16-,23-21-,24-22-,30-28-,36-34-. The molecule has 0 saturated carbocycles. The Bertz CT molecular complexity index is 1280. The number of carbonyl (C=O) groups excluding carboxylic acids is 2. The normalized spacial score (nSPS) is 14.3. The van der Waals surface area contributed by atoms with Crippen LogP contribution in [0.2, 0.25) is 0 Å². The molecule has 0 aromatic heterocycles. The van der Waals surface area contributed by atoms with Gasteiger partial charge in [-0.1, -0.05) is 150 Å². The molecule has 0 aliphatic heterocycles. The molecular formula is C49H84NO8P. The van der Waals surface area contributed by atoms with Crippen LogP contribution in [0, 0.1) is 0 Å². The summed E-state index contributed by atoms with van der Waals surface area (Å²) in [5.41, 5.74) is 0. The van der Waals surface area contributed by atoms with Gasteiger partial charge >= 0.3 is 11.9 Å². The van der Waals surface area contributed by atoms with E-state index < -0.39 is 32.5 Å². The predicted octanol–water partition coefficient (Wildman–Crippen LogP) is 12.6. The van der Waals surface area contributed by atoms with Crippen LogP contribution in [0.3, 0.4) is 0 Å². The van der Waals surface area contributed by atoms with Gasteiger partial charge in [0.2, 0.25) is 0 Å². The summed E-state index contributed by atoms with van der Waals surface area (Å²) in [6, 6.07) is 0. The molecule has 0 heterocycles. The van der Waals surface area contributed by atoms with Crippen molar-refractivity contribution in [1.82, 2.24) is 0 Å². The van der Waals surface area contributed by atoms with Crippen LogP contribution >= 0.6 is 7.82 Å². The summed E-state index contributed by atoms with van der Waals surface area (Å²) in [6.07, 6.45) is 51.9. The first-order valence-electron chi connectivity index (χ1n) is 22.8. The summed E-state index contributed by atoms with van der Waals surface area (Å²) in [6.45, 7) is 4.00. The zero-order valence-corrected chi connectivity index (χ0v) is 38.8. The third-order valence-corrected chi connectivity index (χ3v) is 10.1. The fraction of sp³-hybridized carbons (Fsp3) is 0.673. The molecule has 0 radical (unpaired) electrons. The molecule has 0 saturated heterocycles. The van der Waals surface area contributed by atoms with Crippen LogP contribution in [0.5, 0.6) is 0 Å². The van der Waals surface area contributed by atoms with Gasteiger partial charge in [-0.15, -0.1) is 0 Å². The Morgan fingerprint density at radius 2 is 0.983 bits per heavy atom. The van der Waals surface area contributed by atoms with Gasteiger partial charge < -0.3 is 27.9 Å². The minimum Gasteiger partial charge on any atom is -0.756 e. The van der Waals surface area contributed by atoms with Gasteiger partial charge in [0.25, 0.3) is 7.82 Å². The van der Waals surface area contributed by atoms with Gasteiger partial charge in [-0.05, 0) is 83.5 Å². The number of rotatable bonds is 40. The Balaban J connectivity index is 4.46. The first kappa shape index (κ1) is 56.2. The Kier molecular flexibility index (Phi) is 38.7. The second kappa shape index (κ2) is 40.6. The number of unbranched alkanes of at least 4 members (excludes halogenated alkanes) is 12. The number of allylic oxidation sites excluding steroid dienone is 14. The smallest absolute Gasteiger partial charge is 0.306 e. The van der Waals surface area contributed by atoms with Gasteiger partial charge in [-0.3, -0.25) is 14.2 Å². The number of esters is 2. The largest absolute Gasteiger partial charge is 0.756 e. The van der Waals surface area contributed by atoms with Crippen LogP contribution in [0.4, 0.5) is 0 Å². The minimum atomic E-state index is -4.65. The molecule has 9 nitrogen and oxygen atoms in total. The molecule has 0 rings (SSSR count). The second-order valence-corrected chi connectivity index (χ2v) is 17.4. The first-order chi connectivity index (χ1) is 28.5. The molecule has 338 valence electrons. The molecule has 0 aliphatic carbocycles. The maximum Gasteiger partial charge on any atom is 0.306 e. The fourth-order valence-electron chi connectivity index (χ4n) is 5.60. The molecule has 2 unspecified atom stereocenters. The van der Waals surface area contributed by atoms with Crippen molar-refractivity contribution in [3.63, 3.8) is 0 Å². The van der Waals surface area contributed by atoms with E-state index in [2.05, 4.69) is 92.8 Å². The van der Waals surface area contributed by atoms with Crippen LogP contribution in [0.15, 0.2) is 85.1 Å². The lowest BCUT2D eigenvalue weighted by Crippen LogP contribution is -2.37. The average molecular weight is 846 g/mol. The van der Waals surface area contributed by atoms with E-state index in [1.165, 1.54) is 51.4 Å². The first-order valence-corrected chi connectivity index (χ1v) is 24.3. The second-order valence-electron chi connectivity index (χ2n) is 16.0. The van der Waals surface area contributed by atoms with Crippen molar-refractivity contribution in [2.45, 2.75) is 168 Å². The van der Waals surface area contributed by atoms with Crippen LogP contribution in [-0.4, -0.2) is 70.0 Å². The number of nitrogens with zero attached hydrogens (tertiary/aromatic N) is 1. The lowest BCUT2D eigenvalue weighted by molar-refractivity contribution is -0.870. The molecule has 0 amide bonds. The van der Waals surface area contributed by atoms with Crippen LogP contribution in [0.25, 0.3) is 0 Å². The molecule has 0 spiro atoms. The Hall–Kier alpha value is -2.81. The van der Waals surface area contributed by atoms with Gasteiger partial charge in [-0.25, -0.2) is 0 Å².